The predicted octanol–water partition coefficient (Wildman–Crippen LogP) is 4.39. The molecule has 0 aliphatic carbocycles. The molecule has 0 unspecified atom stereocenters. The summed E-state index contributed by atoms with van der Waals surface area (Å²) in [6.07, 6.45) is 0.250. The van der Waals surface area contributed by atoms with E-state index < -0.39 is 0 Å². The van der Waals surface area contributed by atoms with Crippen LogP contribution in [-0.4, -0.2) is 53.9 Å². The van der Waals surface area contributed by atoms with Crippen molar-refractivity contribution in [2.75, 3.05) is 38.5 Å². The largest absolute Gasteiger partial charge is 0.326 e. The van der Waals surface area contributed by atoms with Crippen molar-refractivity contribution in [3.63, 3.8) is 0 Å². The second kappa shape index (κ2) is 9.71. The minimum absolute atomic E-state index is 0.0852. The van der Waals surface area contributed by atoms with Crippen molar-refractivity contribution in [1.29, 1.82) is 0 Å². The van der Waals surface area contributed by atoms with Crippen LogP contribution >= 0.6 is 22.9 Å². The fourth-order valence-electron chi connectivity index (χ4n) is 3.49. The lowest BCUT2D eigenvalue weighted by atomic mass is 10.1. The molecule has 0 bridgehead atoms. The minimum Gasteiger partial charge on any atom is -0.326 e. The maximum atomic E-state index is 12.3. The van der Waals surface area contributed by atoms with Gasteiger partial charge in [0.15, 0.2) is 0 Å². The van der Waals surface area contributed by atoms with Crippen LogP contribution in [-0.2, 0) is 17.8 Å². The van der Waals surface area contributed by atoms with Crippen LogP contribution in [0.2, 0.25) is 5.02 Å². The van der Waals surface area contributed by atoms with Crippen LogP contribution in [0.15, 0.2) is 53.9 Å². The van der Waals surface area contributed by atoms with Crippen LogP contribution in [0.5, 0.6) is 0 Å². The van der Waals surface area contributed by atoms with Crippen LogP contribution in [0, 0.1) is 0 Å². The van der Waals surface area contributed by atoms with Gasteiger partial charge in [-0.05, 0) is 42.9 Å². The Morgan fingerprint density at radius 2 is 1.90 bits per heavy atom. The van der Waals surface area contributed by atoms with Gasteiger partial charge in [0.05, 0.1) is 12.1 Å². The molecule has 1 N–H and O–H groups in total. The predicted molar refractivity (Wildman–Crippen MR) is 124 cm³/mol. The van der Waals surface area contributed by atoms with Crippen molar-refractivity contribution in [3.05, 3.63) is 70.2 Å². The van der Waals surface area contributed by atoms with Gasteiger partial charge >= 0.3 is 0 Å². The van der Waals surface area contributed by atoms with E-state index in [9.17, 15) is 4.79 Å². The molecule has 1 saturated heterocycles. The fourth-order valence-corrected chi connectivity index (χ4v) is 4.43. The number of anilines is 1. The number of benzene rings is 2. The summed E-state index contributed by atoms with van der Waals surface area (Å²) in [4.78, 5) is 21.9. The summed E-state index contributed by atoms with van der Waals surface area (Å²) in [6.45, 7) is 5.40. The van der Waals surface area contributed by atoms with E-state index in [4.69, 9.17) is 16.6 Å². The first-order valence-corrected chi connectivity index (χ1v) is 11.3. The summed E-state index contributed by atoms with van der Waals surface area (Å²) in [7, 11) is 2.17. The highest BCUT2D eigenvalue weighted by molar-refractivity contribution is 7.13. The van der Waals surface area contributed by atoms with Crippen molar-refractivity contribution < 1.29 is 4.79 Å². The van der Waals surface area contributed by atoms with Gasteiger partial charge in [0.25, 0.3) is 0 Å². The Bertz CT molecular complexity index is 996. The zero-order chi connectivity index (χ0) is 20.9. The molecule has 30 heavy (non-hydrogen) atoms. The maximum absolute atomic E-state index is 12.3. The molecular formula is C23H25ClN4OS. The Morgan fingerprint density at radius 1 is 1.13 bits per heavy atom. The van der Waals surface area contributed by atoms with Gasteiger partial charge in [-0.1, -0.05) is 29.8 Å². The van der Waals surface area contributed by atoms with E-state index in [-0.39, 0.29) is 12.3 Å². The van der Waals surface area contributed by atoms with Gasteiger partial charge in [-0.2, -0.15) is 0 Å². The number of nitrogens with zero attached hydrogens (tertiary/aromatic N) is 3. The third kappa shape index (κ3) is 5.67. The lowest BCUT2D eigenvalue weighted by molar-refractivity contribution is -0.115. The molecule has 3 aromatic rings. The van der Waals surface area contributed by atoms with E-state index in [0.717, 1.165) is 54.7 Å². The van der Waals surface area contributed by atoms with E-state index >= 15 is 0 Å². The summed E-state index contributed by atoms with van der Waals surface area (Å²) >= 11 is 7.46. The van der Waals surface area contributed by atoms with E-state index in [0.29, 0.717) is 5.02 Å². The molecule has 2 aromatic carbocycles. The summed E-state index contributed by atoms with van der Waals surface area (Å²) in [5.41, 5.74) is 3.92. The van der Waals surface area contributed by atoms with Crippen molar-refractivity contribution in [1.82, 2.24) is 14.8 Å². The molecule has 1 amide bonds. The SMILES string of the molecule is CN1CCN(Cc2cccc(-c3nc(CC(=O)Nc4ccc(Cl)cc4)cs3)c2)CC1. The van der Waals surface area contributed by atoms with Crippen LogP contribution < -0.4 is 5.32 Å². The summed E-state index contributed by atoms with van der Waals surface area (Å²) < 4.78 is 0. The summed E-state index contributed by atoms with van der Waals surface area (Å²) in [5.74, 6) is -0.0852. The Balaban J connectivity index is 1.37. The van der Waals surface area contributed by atoms with Crippen LogP contribution in [0.3, 0.4) is 0 Å². The number of halogens is 1. The second-order valence-corrected chi connectivity index (χ2v) is 8.95. The zero-order valence-electron chi connectivity index (χ0n) is 17.0. The molecule has 0 atom stereocenters. The number of likely N-dealkylation sites (N-methyl/N-ethyl adjacent to an activating group) is 1. The smallest absolute Gasteiger partial charge is 0.230 e. The standard InChI is InChI=1S/C23H25ClN4OS/c1-27-9-11-28(12-10-27)15-17-3-2-4-18(13-17)23-26-21(16-30-23)14-22(29)25-20-7-5-19(24)6-8-20/h2-8,13,16H,9-12,14-15H2,1H3,(H,25,29). The topological polar surface area (TPSA) is 48.5 Å². The normalized spacial score (nSPS) is 15.3. The first-order chi connectivity index (χ1) is 14.5. The molecule has 2 heterocycles. The van der Waals surface area contributed by atoms with Gasteiger partial charge in [0.2, 0.25) is 5.91 Å². The summed E-state index contributed by atoms with van der Waals surface area (Å²) in [6, 6.07) is 15.7. The fraction of sp³-hybridized carbons (Fsp3) is 0.304. The lowest BCUT2D eigenvalue weighted by Gasteiger charge is -2.32. The number of amides is 1. The molecule has 0 spiro atoms. The zero-order valence-corrected chi connectivity index (χ0v) is 18.5. The van der Waals surface area contributed by atoms with Gasteiger partial charge in [0.1, 0.15) is 5.01 Å². The molecule has 1 aliphatic heterocycles. The second-order valence-electron chi connectivity index (χ2n) is 7.66. The molecule has 5 nitrogen and oxygen atoms in total. The number of aromatic nitrogens is 1. The monoisotopic (exact) mass is 440 g/mol. The van der Waals surface area contributed by atoms with Gasteiger partial charge in [-0.3, -0.25) is 9.69 Å². The maximum Gasteiger partial charge on any atom is 0.230 e. The lowest BCUT2D eigenvalue weighted by Crippen LogP contribution is -2.43. The molecule has 156 valence electrons. The molecule has 1 aliphatic rings. The van der Waals surface area contributed by atoms with E-state index in [1.54, 1.807) is 35.6 Å². The van der Waals surface area contributed by atoms with Crippen molar-refractivity contribution in [3.8, 4) is 10.6 Å². The Labute approximate surface area is 186 Å². The average molecular weight is 441 g/mol. The number of piperazine rings is 1. The van der Waals surface area contributed by atoms with Gasteiger partial charge in [-0.15, -0.1) is 11.3 Å². The highest BCUT2D eigenvalue weighted by atomic mass is 35.5. The van der Waals surface area contributed by atoms with Crippen LogP contribution in [0.1, 0.15) is 11.3 Å². The number of thiazole rings is 1. The first-order valence-electron chi connectivity index (χ1n) is 10.1. The van der Waals surface area contributed by atoms with Gasteiger partial charge < -0.3 is 10.2 Å². The average Bonchev–Trinajstić information content (AvgIpc) is 3.20. The van der Waals surface area contributed by atoms with Crippen molar-refractivity contribution in [2.24, 2.45) is 0 Å². The van der Waals surface area contributed by atoms with E-state index in [1.165, 1.54) is 5.56 Å². The third-order valence-electron chi connectivity index (χ3n) is 5.20. The van der Waals surface area contributed by atoms with Crippen LogP contribution in [0.25, 0.3) is 10.6 Å². The number of hydrogen-bond acceptors (Lipinski definition) is 5. The quantitative estimate of drug-likeness (QED) is 0.617. The molecule has 0 radical (unpaired) electrons. The van der Waals surface area contributed by atoms with Gasteiger partial charge in [-0.25, -0.2) is 4.98 Å². The van der Waals surface area contributed by atoms with Crippen molar-refractivity contribution in [2.45, 2.75) is 13.0 Å². The van der Waals surface area contributed by atoms with Gasteiger partial charge in [0, 0.05) is 54.4 Å². The number of nitrogens with one attached hydrogen (secondary N) is 1. The molecule has 1 fully saturated rings. The number of carbonyl (C=O) groups is 1. The third-order valence-corrected chi connectivity index (χ3v) is 6.39. The Kier molecular flexibility index (Phi) is 6.79. The number of hydrogen-bond donors (Lipinski definition) is 1. The van der Waals surface area contributed by atoms with Crippen molar-refractivity contribution >= 4 is 34.5 Å². The van der Waals surface area contributed by atoms with E-state index in [1.807, 2.05) is 5.38 Å². The Hall–Kier alpha value is -2.25. The molecule has 4 rings (SSSR count). The molecule has 7 heteroatoms. The number of carbonyl (C=O) groups excluding carboxylic acids is 1. The molecular weight excluding hydrogens is 416 g/mol. The highest BCUT2D eigenvalue weighted by Gasteiger charge is 2.15. The van der Waals surface area contributed by atoms with E-state index in [2.05, 4.69) is 46.4 Å². The molecule has 1 aromatic heterocycles. The number of rotatable bonds is 6. The van der Waals surface area contributed by atoms with Crippen LogP contribution in [0.4, 0.5) is 5.69 Å². The first kappa shape index (κ1) is 21.0. The minimum atomic E-state index is -0.0852. The summed E-state index contributed by atoms with van der Waals surface area (Å²) in [5, 5.41) is 6.44. The highest BCUT2D eigenvalue weighted by Crippen LogP contribution is 2.25. The molecule has 0 saturated carbocycles. The Morgan fingerprint density at radius 3 is 2.67 bits per heavy atom.